The lowest BCUT2D eigenvalue weighted by Crippen LogP contribution is -2.11. The summed E-state index contributed by atoms with van der Waals surface area (Å²) in [5.74, 6) is 0. The minimum atomic E-state index is 0.891. The van der Waals surface area contributed by atoms with Gasteiger partial charge in [-0.25, -0.2) is 0 Å². The fraction of sp³-hybridized carbons (Fsp3) is 0. The van der Waals surface area contributed by atoms with E-state index in [-0.39, 0.29) is 0 Å². The predicted molar refractivity (Wildman–Crippen MR) is 279 cm³/mol. The van der Waals surface area contributed by atoms with Gasteiger partial charge in [0, 0.05) is 33.3 Å². The molecule has 1 aromatic heterocycles. The molecule has 0 unspecified atom stereocenters. The highest BCUT2D eigenvalue weighted by atomic mass is 16.3. The molecule has 0 N–H and O–H groups in total. The Hall–Kier alpha value is -8.72. The number of hydrogen-bond acceptors (Lipinski definition) is 2. The highest BCUT2D eigenvalue weighted by Gasteiger charge is 2.21. The molecule has 0 amide bonds. The number of nitrogens with zero attached hydrogens (tertiary/aromatic N) is 1. The molecule has 0 aliphatic carbocycles. The number of anilines is 3. The van der Waals surface area contributed by atoms with Crippen LogP contribution in [0.4, 0.5) is 17.1 Å². The molecule has 0 bridgehead atoms. The van der Waals surface area contributed by atoms with E-state index in [9.17, 15) is 0 Å². The van der Waals surface area contributed by atoms with Crippen LogP contribution in [-0.2, 0) is 0 Å². The van der Waals surface area contributed by atoms with E-state index in [0.717, 1.165) is 66.8 Å². The average Bonchev–Trinajstić information content (AvgIpc) is 3.79. The van der Waals surface area contributed by atoms with Gasteiger partial charge in [-0.05, 0) is 109 Å². The van der Waals surface area contributed by atoms with Crippen LogP contribution in [0, 0.1) is 0 Å². The van der Waals surface area contributed by atoms with Gasteiger partial charge in [0.05, 0.1) is 5.69 Å². The number of benzene rings is 11. The van der Waals surface area contributed by atoms with Crippen molar-refractivity contribution in [3.05, 3.63) is 261 Å². The molecule has 12 rings (SSSR count). The van der Waals surface area contributed by atoms with E-state index >= 15 is 0 Å². The largest absolute Gasteiger partial charge is 0.455 e. The van der Waals surface area contributed by atoms with E-state index in [1.54, 1.807) is 0 Å². The van der Waals surface area contributed by atoms with Gasteiger partial charge in [0.15, 0.2) is 0 Å². The molecular weight excluding hydrogens is 799 g/mol. The van der Waals surface area contributed by atoms with Crippen molar-refractivity contribution in [2.45, 2.75) is 0 Å². The minimum Gasteiger partial charge on any atom is -0.455 e. The molecule has 66 heavy (non-hydrogen) atoms. The van der Waals surface area contributed by atoms with Crippen LogP contribution in [0.1, 0.15) is 0 Å². The van der Waals surface area contributed by atoms with Crippen molar-refractivity contribution in [3.8, 4) is 66.8 Å². The number of rotatable bonds is 9. The SMILES string of the molecule is c1ccc(-c2ccc(-c3ccc(N(c4cccc(-c5cccc6c5oc5ccccc56)c4)c4ccccc4-c4cccc5cccc(-c6ccccc6)c45)cc3)cc2-c2ccccc2)cc1. The molecule has 0 saturated carbocycles. The van der Waals surface area contributed by atoms with E-state index in [1.165, 1.54) is 49.7 Å². The molecule has 11 aromatic carbocycles. The second kappa shape index (κ2) is 16.8. The molecule has 310 valence electrons. The molecule has 0 atom stereocenters. The van der Waals surface area contributed by atoms with Crippen LogP contribution in [-0.4, -0.2) is 0 Å². The van der Waals surface area contributed by atoms with Crippen molar-refractivity contribution in [2.24, 2.45) is 0 Å². The van der Waals surface area contributed by atoms with E-state index < -0.39 is 0 Å². The van der Waals surface area contributed by atoms with Crippen LogP contribution in [0.2, 0.25) is 0 Å². The molecule has 0 radical (unpaired) electrons. The van der Waals surface area contributed by atoms with E-state index in [1.807, 2.05) is 6.07 Å². The molecule has 0 saturated heterocycles. The first kappa shape index (κ1) is 38.9. The zero-order chi connectivity index (χ0) is 43.8. The molecular formula is C64H43NO. The maximum Gasteiger partial charge on any atom is 0.143 e. The molecule has 1 heterocycles. The van der Waals surface area contributed by atoms with Gasteiger partial charge in [0.2, 0.25) is 0 Å². The Labute approximate surface area is 384 Å². The van der Waals surface area contributed by atoms with Crippen LogP contribution < -0.4 is 4.90 Å². The lowest BCUT2D eigenvalue weighted by atomic mass is 9.90. The molecule has 2 nitrogen and oxygen atoms in total. The number of hydrogen-bond donors (Lipinski definition) is 0. The third-order valence-electron chi connectivity index (χ3n) is 12.9. The van der Waals surface area contributed by atoms with E-state index in [0.29, 0.717) is 0 Å². The minimum absolute atomic E-state index is 0.891. The van der Waals surface area contributed by atoms with Crippen LogP contribution in [0.25, 0.3) is 99.5 Å². The predicted octanol–water partition coefficient (Wildman–Crippen LogP) is 18.2. The van der Waals surface area contributed by atoms with Gasteiger partial charge in [0.25, 0.3) is 0 Å². The smallest absolute Gasteiger partial charge is 0.143 e. The van der Waals surface area contributed by atoms with Crippen molar-refractivity contribution in [3.63, 3.8) is 0 Å². The third-order valence-corrected chi connectivity index (χ3v) is 12.9. The van der Waals surface area contributed by atoms with E-state index in [4.69, 9.17) is 4.42 Å². The fourth-order valence-corrected chi connectivity index (χ4v) is 9.79. The summed E-state index contributed by atoms with van der Waals surface area (Å²) in [4.78, 5) is 2.42. The molecule has 0 aliphatic rings. The number of para-hydroxylation sites is 3. The summed E-state index contributed by atoms with van der Waals surface area (Å²) < 4.78 is 6.58. The molecule has 0 aliphatic heterocycles. The summed E-state index contributed by atoms with van der Waals surface area (Å²) in [6.07, 6.45) is 0. The highest BCUT2D eigenvalue weighted by molar-refractivity contribution is 6.11. The Morgan fingerprint density at radius 2 is 0.818 bits per heavy atom. The second-order valence-corrected chi connectivity index (χ2v) is 16.8. The first-order valence-electron chi connectivity index (χ1n) is 22.6. The first-order valence-corrected chi connectivity index (χ1v) is 22.6. The highest BCUT2D eigenvalue weighted by Crippen LogP contribution is 2.46. The summed E-state index contributed by atoms with van der Waals surface area (Å²) >= 11 is 0. The first-order chi connectivity index (χ1) is 32.7. The zero-order valence-electron chi connectivity index (χ0n) is 36.2. The molecule has 0 spiro atoms. The Morgan fingerprint density at radius 1 is 0.273 bits per heavy atom. The lowest BCUT2D eigenvalue weighted by Gasteiger charge is -2.29. The summed E-state index contributed by atoms with van der Waals surface area (Å²) in [7, 11) is 0. The molecule has 12 aromatic rings. The van der Waals surface area contributed by atoms with Crippen molar-refractivity contribution >= 4 is 49.8 Å². The summed E-state index contributed by atoms with van der Waals surface area (Å²) in [6.45, 7) is 0. The maximum absolute atomic E-state index is 6.58. The van der Waals surface area contributed by atoms with Crippen molar-refractivity contribution < 1.29 is 4.42 Å². The quantitative estimate of drug-likeness (QED) is 0.144. The Balaban J connectivity index is 1.03. The monoisotopic (exact) mass is 841 g/mol. The lowest BCUT2D eigenvalue weighted by molar-refractivity contribution is 0.670. The van der Waals surface area contributed by atoms with Crippen LogP contribution >= 0.6 is 0 Å². The normalized spacial score (nSPS) is 11.3. The van der Waals surface area contributed by atoms with Gasteiger partial charge in [-0.1, -0.05) is 218 Å². The number of furan rings is 1. The fourth-order valence-electron chi connectivity index (χ4n) is 9.79. The summed E-state index contributed by atoms with van der Waals surface area (Å²) in [5.41, 5.74) is 19.0. The molecule has 0 fully saturated rings. The Kier molecular flexibility index (Phi) is 9.89. The van der Waals surface area contributed by atoms with Crippen molar-refractivity contribution in [1.82, 2.24) is 0 Å². The van der Waals surface area contributed by atoms with Gasteiger partial charge < -0.3 is 9.32 Å². The standard InChI is InChI=1S/C64H43NO/c1-4-18-45(19-5-1)53-41-38-49(43-60(53)47-22-8-3-9-23-47)44-36-39-51(40-37-44)65(52-27-14-26-50(42-52)55-31-17-33-59-57-29-11-13-35-62(57)66-64(55)59)61-34-12-10-28-56(61)58-32-16-25-48-24-15-30-54(63(48)58)46-20-6-2-7-21-46/h1-43H. The van der Waals surface area contributed by atoms with Gasteiger partial charge in [-0.3, -0.25) is 0 Å². The van der Waals surface area contributed by atoms with Gasteiger partial charge >= 0.3 is 0 Å². The van der Waals surface area contributed by atoms with Crippen LogP contribution in [0.3, 0.4) is 0 Å². The van der Waals surface area contributed by atoms with Crippen LogP contribution in [0.15, 0.2) is 265 Å². The van der Waals surface area contributed by atoms with E-state index in [2.05, 4.69) is 260 Å². The zero-order valence-corrected chi connectivity index (χ0v) is 36.2. The Morgan fingerprint density at radius 3 is 1.58 bits per heavy atom. The summed E-state index contributed by atoms with van der Waals surface area (Å²) in [5, 5.41) is 4.67. The van der Waals surface area contributed by atoms with Gasteiger partial charge in [0.1, 0.15) is 11.2 Å². The summed E-state index contributed by atoms with van der Waals surface area (Å²) in [6, 6.07) is 93.9. The van der Waals surface area contributed by atoms with Crippen molar-refractivity contribution in [1.29, 1.82) is 0 Å². The van der Waals surface area contributed by atoms with Crippen LogP contribution in [0.5, 0.6) is 0 Å². The topological polar surface area (TPSA) is 16.4 Å². The van der Waals surface area contributed by atoms with Gasteiger partial charge in [-0.15, -0.1) is 0 Å². The average molecular weight is 842 g/mol. The third kappa shape index (κ3) is 7.02. The Bertz CT molecular complexity index is 3680. The maximum atomic E-state index is 6.58. The molecule has 2 heteroatoms. The van der Waals surface area contributed by atoms with Gasteiger partial charge in [-0.2, -0.15) is 0 Å². The van der Waals surface area contributed by atoms with Crippen molar-refractivity contribution in [2.75, 3.05) is 4.90 Å². The second-order valence-electron chi connectivity index (χ2n) is 16.8. The number of fused-ring (bicyclic) bond motifs is 4.